The van der Waals surface area contributed by atoms with Crippen molar-refractivity contribution in [3.05, 3.63) is 24.3 Å². The van der Waals surface area contributed by atoms with Crippen LogP contribution in [0.5, 0.6) is 0 Å². The fourth-order valence-electron chi connectivity index (χ4n) is 2.15. The molecule has 2 rings (SSSR count). The summed E-state index contributed by atoms with van der Waals surface area (Å²) in [5, 5.41) is 9.79. The van der Waals surface area contributed by atoms with Gasteiger partial charge in [0, 0.05) is 29.9 Å². The Balaban J connectivity index is 1.88. The van der Waals surface area contributed by atoms with Crippen molar-refractivity contribution in [3.63, 3.8) is 0 Å². The predicted molar refractivity (Wildman–Crippen MR) is 79.4 cm³/mol. The van der Waals surface area contributed by atoms with Gasteiger partial charge in [-0.05, 0) is 43.7 Å². The molecule has 0 aliphatic carbocycles. The van der Waals surface area contributed by atoms with Gasteiger partial charge in [-0.15, -0.1) is 0 Å². The molecule has 1 heterocycles. The minimum Gasteiger partial charge on any atom is -0.381 e. The first-order valence-electron chi connectivity index (χ1n) is 7.03. The Morgan fingerprint density at radius 1 is 1.26 bits per heavy atom. The molecule has 0 saturated carbocycles. The Kier molecular flexibility index (Phi) is 4.80. The van der Waals surface area contributed by atoms with E-state index < -0.39 is 0 Å². The van der Waals surface area contributed by atoms with E-state index in [1.165, 1.54) is 12.8 Å². The third kappa shape index (κ3) is 4.24. The van der Waals surface area contributed by atoms with Crippen LogP contribution in [0.25, 0.3) is 0 Å². The molecule has 0 spiro atoms. The average Bonchev–Trinajstić information content (AvgIpc) is 2.42. The van der Waals surface area contributed by atoms with Crippen molar-refractivity contribution in [2.75, 3.05) is 23.7 Å². The smallest absolute Gasteiger partial charge is 0.226 e. The number of hydrogen-bond acceptors (Lipinski definition) is 3. The van der Waals surface area contributed by atoms with Crippen LogP contribution in [0.4, 0.5) is 11.4 Å². The summed E-state index contributed by atoms with van der Waals surface area (Å²) < 4.78 is 0. The predicted octanol–water partition coefficient (Wildman–Crippen LogP) is 2.45. The first-order valence-corrected chi connectivity index (χ1v) is 7.03. The van der Waals surface area contributed by atoms with E-state index in [0.717, 1.165) is 24.5 Å². The normalized spacial score (nSPS) is 19.2. The zero-order chi connectivity index (χ0) is 13.7. The average molecular weight is 261 g/mol. The van der Waals surface area contributed by atoms with Crippen LogP contribution in [0.15, 0.2) is 24.3 Å². The van der Waals surface area contributed by atoms with Crippen LogP contribution in [-0.4, -0.2) is 25.0 Å². The van der Waals surface area contributed by atoms with Gasteiger partial charge in [-0.25, -0.2) is 0 Å². The summed E-state index contributed by atoms with van der Waals surface area (Å²) in [6.45, 7) is 5.92. The lowest BCUT2D eigenvalue weighted by atomic mass is 10.1. The largest absolute Gasteiger partial charge is 0.381 e. The zero-order valence-corrected chi connectivity index (χ0v) is 11.7. The molecule has 1 fully saturated rings. The highest BCUT2D eigenvalue weighted by Crippen LogP contribution is 2.16. The van der Waals surface area contributed by atoms with E-state index in [0.29, 0.717) is 6.04 Å². The van der Waals surface area contributed by atoms with Gasteiger partial charge in [0.25, 0.3) is 0 Å². The lowest BCUT2D eigenvalue weighted by Crippen LogP contribution is -2.38. The maximum atomic E-state index is 11.6. The fraction of sp³-hybridized carbons (Fsp3) is 0.533. The fourth-order valence-corrected chi connectivity index (χ4v) is 2.15. The van der Waals surface area contributed by atoms with Crippen molar-refractivity contribution in [3.8, 4) is 0 Å². The summed E-state index contributed by atoms with van der Waals surface area (Å²) in [6, 6.07) is 8.43. The second-order valence-corrected chi connectivity index (χ2v) is 5.41. The summed E-state index contributed by atoms with van der Waals surface area (Å²) in [5.74, 6) is 0.0586. The van der Waals surface area contributed by atoms with E-state index in [4.69, 9.17) is 0 Å². The van der Waals surface area contributed by atoms with Crippen molar-refractivity contribution in [2.24, 2.45) is 5.92 Å². The first-order chi connectivity index (χ1) is 9.15. The van der Waals surface area contributed by atoms with Crippen molar-refractivity contribution >= 4 is 17.3 Å². The van der Waals surface area contributed by atoms with Crippen LogP contribution in [0.2, 0.25) is 0 Å². The van der Waals surface area contributed by atoms with Crippen molar-refractivity contribution in [1.29, 1.82) is 0 Å². The van der Waals surface area contributed by atoms with Crippen LogP contribution >= 0.6 is 0 Å². The molecule has 1 unspecified atom stereocenters. The number of amides is 1. The summed E-state index contributed by atoms with van der Waals surface area (Å²) >= 11 is 0. The van der Waals surface area contributed by atoms with Crippen LogP contribution < -0.4 is 16.0 Å². The molecule has 1 aromatic rings. The molecular formula is C15H23N3O. The molecule has 1 aliphatic heterocycles. The molecule has 104 valence electrons. The Hall–Kier alpha value is -1.55. The molecule has 19 heavy (non-hydrogen) atoms. The van der Waals surface area contributed by atoms with Gasteiger partial charge in [-0.1, -0.05) is 13.8 Å². The molecular weight excluding hydrogens is 238 g/mol. The monoisotopic (exact) mass is 261 g/mol. The highest BCUT2D eigenvalue weighted by atomic mass is 16.1. The summed E-state index contributed by atoms with van der Waals surface area (Å²) in [6.07, 6.45) is 2.43. The summed E-state index contributed by atoms with van der Waals surface area (Å²) in [4.78, 5) is 11.6. The van der Waals surface area contributed by atoms with E-state index in [-0.39, 0.29) is 11.8 Å². The molecule has 0 radical (unpaired) electrons. The van der Waals surface area contributed by atoms with Crippen LogP contribution in [-0.2, 0) is 4.79 Å². The number of carbonyl (C=O) groups is 1. The molecule has 3 N–H and O–H groups in total. The molecule has 4 nitrogen and oxygen atoms in total. The number of carbonyl (C=O) groups excluding carboxylic acids is 1. The van der Waals surface area contributed by atoms with Gasteiger partial charge in [0.15, 0.2) is 0 Å². The number of hydrogen-bond donors (Lipinski definition) is 3. The Bertz CT molecular complexity index is 408. The lowest BCUT2D eigenvalue weighted by molar-refractivity contribution is -0.118. The van der Waals surface area contributed by atoms with Crippen molar-refractivity contribution < 1.29 is 4.79 Å². The van der Waals surface area contributed by atoms with E-state index in [1.54, 1.807) is 0 Å². The van der Waals surface area contributed by atoms with Gasteiger partial charge in [0.2, 0.25) is 5.91 Å². The molecule has 1 atom stereocenters. The van der Waals surface area contributed by atoms with E-state index >= 15 is 0 Å². The summed E-state index contributed by atoms with van der Waals surface area (Å²) in [7, 11) is 0. The Morgan fingerprint density at radius 2 is 1.95 bits per heavy atom. The van der Waals surface area contributed by atoms with Crippen LogP contribution in [0.3, 0.4) is 0 Å². The standard InChI is InChI=1S/C15H23N3O/c1-11(2)15(19)18-13-7-5-12(6-8-13)17-14-4-3-9-16-10-14/h5-8,11,14,16-17H,3-4,9-10H2,1-2H3,(H,18,19). The van der Waals surface area contributed by atoms with Gasteiger partial charge >= 0.3 is 0 Å². The molecule has 1 amide bonds. The minimum atomic E-state index is 0.00566. The third-order valence-corrected chi connectivity index (χ3v) is 3.34. The molecule has 1 aliphatic rings. The van der Waals surface area contributed by atoms with Crippen LogP contribution in [0.1, 0.15) is 26.7 Å². The molecule has 4 heteroatoms. The molecule has 1 saturated heterocycles. The lowest BCUT2D eigenvalue weighted by Gasteiger charge is -2.24. The topological polar surface area (TPSA) is 53.2 Å². The minimum absolute atomic E-state index is 0.00566. The van der Waals surface area contributed by atoms with Gasteiger partial charge in [0.05, 0.1) is 0 Å². The van der Waals surface area contributed by atoms with Gasteiger partial charge in [-0.2, -0.15) is 0 Å². The number of nitrogens with one attached hydrogen (secondary N) is 3. The maximum Gasteiger partial charge on any atom is 0.226 e. The first kappa shape index (κ1) is 13.9. The number of anilines is 2. The molecule has 0 aromatic heterocycles. The Morgan fingerprint density at radius 3 is 2.53 bits per heavy atom. The van der Waals surface area contributed by atoms with Crippen molar-refractivity contribution in [2.45, 2.75) is 32.7 Å². The number of benzene rings is 1. The highest BCUT2D eigenvalue weighted by Gasteiger charge is 2.12. The molecule has 1 aromatic carbocycles. The van der Waals surface area contributed by atoms with Gasteiger partial charge < -0.3 is 16.0 Å². The number of rotatable bonds is 4. The van der Waals surface area contributed by atoms with E-state index in [1.807, 2.05) is 38.1 Å². The number of piperidine rings is 1. The maximum absolute atomic E-state index is 11.6. The Labute approximate surface area is 115 Å². The molecule has 0 bridgehead atoms. The second kappa shape index (κ2) is 6.57. The van der Waals surface area contributed by atoms with Gasteiger partial charge in [0.1, 0.15) is 0 Å². The quantitative estimate of drug-likeness (QED) is 0.780. The van der Waals surface area contributed by atoms with E-state index in [9.17, 15) is 4.79 Å². The van der Waals surface area contributed by atoms with Gasteiger partial charge in [-0.3, -0.25) is 4.79 Å². The van der Waals surface area contributed by atoms with Crippen LogP contribution in [0, 0.1) is 5.92 Å². The second-order valence-electron chi connectivity index (χ2n) is 5.41. The van der Waals surface area contributed by atoms with E-state index in [2.05, 4.69) is 16.0 Å². The summed E-state index contributed by atoms with van der Waals surface area (Å²) in [5.41, 5.74) is 1.96. The van der Waals surface area contributed by atoms with Crippen molar-refractivity contribution in [1.82, 2.24) is 5.32 Å². The SMILES string of the molecule is CC(C)C(=O)Nc1ccc(NC2CCCNC2)cc1. The zero-order valence-electron chi connectivity index (χ0n) is 11.7. The highest BCUT2D eigenvalue weighted by molar-refractivity contribution is 5.92. The third-order valence-electron chi connectivity index (χ3n) is 3.34.